The first-order valence-corrected chi connectivity index (χ1v) is 14.2. The van der Waals surface area contributed by atoms with Crippen molar-refractivity contribution in [2.24, 2.45) is 5.92 Å². The summed E-state index contributed by atoms with van der Waals surface area (Å²) in [4.78, 5) is 41.1. The number of hydrogen-bond donors (Lipinski definition) is 2. The van der Waals surface area contributed by atoms with E-state index in [1.165, 1.54) is 6.33 Å². The Hall–Kier alpha value is -5.04. The number of aryl methyl sites for hydroxylation is 1. The number of allylic oxidation sites excluding steroid dienone is 1. The molecule has 3 aromatic heterocycles. The molecule has 1 aliphatic heterocycles. The van der Waals surface area contributed by atoms with E-state index in [9.17, 15) is 14.9 Å². The standard InChI is InChI=1S/C32H32N8O2/c1-19-11-12-35-26(14-19)38-31(41)23-9-7-22(8-10-23)27-20(2)40(30-28(27)29(34)36-18-37-30)25-4-3-13-39(17-25)32(42)24(16-33)15-21-5-6-21/h7-12,14-15,18,21,25H,3-6,13,17H2,1-2H3,(H2,34,36,37)(H,35,38,41)/b24-15-/t25-/m1/s1. The Labute approximate surface area is 243 Å². The molecule has 2 amide bonds. The molecule has 10 nitrogen and oxygen atoms in total. The molecule has 1 aliphatic carbocycles. The van der Waals surface area contributed by atoms with Crippen molar-refractivity contribution in [3.63, 3.8) is 0 Å². The highest BCUT2D eigenvalue weighted by molar-refractivity contribution is 6.05. The number of nitrogens with two attached hydrogens (primary N) is 1. The third kappa shape index (κ3) is 5.21. The first-order valence-electron chi connectivity index (χ1n) is 14.2. The van der Waals surface area contributed by atoms with Crippen LogP contribution in [0.15, 0.2) is 60.6 Å². The fourth-order valence-electron chi connectivity index (χ4n) is 5.83. The smallest absolute Gasteiger partial charge is 0.264 e. The molecule has 0 bridgehead atoms. The molecule has 6 rings (SSSR count). The molecule has 42 heavy (non-hydrogen) atoms. The van der Waals surface area contributed by atoms with E-state index in [4.69, 9.17) is 5.73 Å². The van der Waals surface area contributed by atoms with Crippen molar-refractivity contribution in [2.45, 2.75) is 45.6 Å². The van der Waals surface area contributed by atoms with Gasteiger partial charge in [-0.1, -0.05) is 18.2 Å². The number of benzene rings is 1. The zero-order chi connectivity index (χ0) is 29.4. The largest absolute Gasteiger partial charge is 0.383 e. The van der Waals surface area contributed by atoms with Gasteiger partial charge in [-0.05, 0) is 80.8 Å². The molecule has 0 radical (unpaired) electrons. The maximum absolute atomic E-state index is 13.3. The predicted octanol–water partition coefficient (Wildman–Crippen LogP) is 4.97. The number of anilines is 2. The summed E-state index contributed by atoms with van der Waals surface area (Å²) in [5.74, 6) is 0.761. The maximum Gasteiger partial charge on any atom is 0.264 e. The summed E-state index contributed by atoms with van der Waals surface area (Å²) in [5.41, 5.74) is 11.6. The zero-order valence-electron chi connectivity index (χ0n) is 23.7. The topological polar surface area (TPSA) is 143 Å². The van der Waals surface area contributed by atoms with Crippen LogP contribution in [0.4, 0.5) is 11.6 Å². The van der Waals surface area contributed by atoms with Gasteiger partial charge in [-0.15, -0.1) is 0 Å². The molecule has 1 atom stereocenters. The summed E-state index contributed by atoms with van der Waals surface area (Å²) < 4.78 is 2.16. The quantitative estimate of drug-likeness (QED) is 0.250. The van der Waals surface area contributed by atoms with E-state index in [2.05, 4.69) is 30.9 Å². The van der Waals surface area contributed by atoms with Gasteiger partial charge in [0.1, 0.15) is 35.3 Å². The van der Waals surface area contributed by atoms with E-state index in [1.54, 1.807) is 23.2 Å². The van der Waals surface area contributed by atoms with Gasteiger partial charge in [0.25, 0.3) is 11.8 Å². The number of aromatic nitrogens is 4. The summed E-state index contributed by atoms with van der Waals surface area (Å²) in [6.07, 6.45) is 8.70. The Morgan fingerprint density at radius 1 is 1.10 bits per heavy atom. The van der Waals surface area contributed by atoms with Gasteiger partial charge in [0.2, 0.25) is 0 Å². The number of rotatable bonds is 6. The molecule has 0 spiro atoms. The number of nitriles is 1. The Morgan fingerprint density at radius 3 is 2.60 bits per heavy atom. The number of carbonyl (C=O) groups is 2. The average Bonchev–Trinajstić information content (AvgIpc) is 3.76. The van der Waals surface area contributed by atoms with Crippen LogP contribution in [0.3, 0.4) is 0 Å². The van der Waals surface area contributed by atoms with Crippen LogP contribution in [0.1, 0.15) is 53.3 Å². The lowest BCUT2D eigenvalue weighted by Gasteiger charge is -2.34. The first-order chi connectivity index (χ1) is 20.3. The number of likely N-dealkylation sites (tertiary alicyclic amines) is 1. The van der Waals surface area contributed by atoms with E-state index in [-0.39, 0.29) is 23.4 Å². The van der Waals surface area contributed by atoms with Crippen molar-refractivity contribution < 1.29 is 9.59 Å². The second-order valence-corrected chi connectivity index (χ2v) is 11.1. The highest BCUT2D eigenvalue weighted by Gasteiger charge is 2.31. The third-order valence-corrected chi connectivity index (χ3v) is 8.07. The lowest BCUT2D eigenvalue weighted by Crippen LogP contribution is -2.41. The van der Waals surface area contributed by atoms with Gasteiger partial charge in [-0.25, -0.2) is 15.0 Å². The van der Waals surface area contributed by atoms with Gasteiger partial charge in [-0.2, -0.15) is 5.26 Å². The number of nitrogens with zero attached hydrogens (tertiary/aromatic N) is 6. The maximum atomic E-state index is 13.3. The van der Waals surface area contributed by atoms with Crippen molar-refractivity contribution >= 4 is 34.5 Å². The number of carbonyl (C=O) groups excluding carboxylic acids is 2. The molecule has 4 aromatic rings. The Balaban J connectivity index is 1.31. The number of nitrogens with one attached hydrogen (secondary N) is 1. The molecular weight excluding hydrogens is 528 g/mol. The molecule has 10 heteroatoms. The van der Waals surface area contributed by atoms with Crippen LogP contribution in [-0.4, -0.2) is 49.3 Å². The van der Waals surface area contributed by atoms with E-state index in [0.717, 1.165) is 53.5 Å². The van der Waals surface area contributed by atoms with Crippen LogP contribution in [0.25, 0.3) is 22.2 Å². The van der Waals surface area contributed by atoms with Crippen molar-refractivity contribution in [1.29, 1.82) is 5.26 Å². The van der Waals surface area contributed by atoms with Crippen LogP contribution in [0.5, 0.6) is 0 Å². The van der Waals surface area contributed by atoms with Gasteiger partial charge in [-0.3, -0.25) is 9.59 Å². The Kier molecular flexibility index (Phi) is 7.17. The minimum Gasteiger partial charge on any atom is -0.383 e. The average molecular weight is 561 g/mol. The van der Waals surface area contributed by atoms with Crippen molar-refractivity contribution in [3.05, 3.63) is 77.4 Å². The van der Waals surface area contributed by atoms with Crippen LogP contribution < -0.4 is 11.1 Å². The molecule has 2 aliphatic rings. The molecule has 4 heterocycles. The molecule has 212 valence electrons. The summed E-state index contributed by atoms with van der Waals surface area (Å²) in [7, 11) is 0. The molecule has 1 aromatic carbocycles. The van der Waals surface area contributed by atoms with Gasteiger partial charge < -0.3 is 20.5 Å². The number of hydrogen-bond acceptors (Lipinski definition) is 7. The fourth-order valence-corrected chi connectivity index (χ4v) is 5.83. The molecule has 3 N–H and O–H groups in total. The fraction of sp³-hybridized carbons (Fsp3) is 0.312. The molecule has 2 fully saturated rings. The Bertz CT molecular complexity index is 1760. The summed E-state index contributed by atoms with van der Waals surface area (Å²) in [6.45, 7) is 5.05. The van der Waals surface area contributed by atoms with Crippen molar-refractivity contribution in [2.75, 3.05) is 24.1 Å². The minimum absolute atomic E-state index is 0.0407. The first kappa shape index (κ1) is 27.1. The van der Waals surface area contributed by atoms with E-state index in [1.807, 2.05) is 44.2 Å². The summed E-state index contributed by atoms with van der Waals surface area (Å²) in [6, 6.07) is 13.1. The lowest BCUT2D eigenvalue weighted by atomic mass is 10.0. The second kappa shape index (κ2) is 11.1. The lowest BCUT2D eigenvalue weighted by molar-refractivity contribution is -0.128. The predicted molar refractivity (Wildman–Crippen MR) is 160 cm³/mol. The van der Waals surface area contributed by atoms with Crippen LogP contribution in [-0.2, 0) is 4.79 Å². The van der Waals surface area contributed by atoms with Gasteiger partial charge in [0.05, 0.1) is 11.4 Å². The molecular formula is C32H32N8O2. The number of pyridine rings is 1. The molecule has 1 saturated carbocycles. The molecule has 1 saturated heterocycles. The third-order valence-electron chi connectivity index (χ3n) is 8.07. The summed E-state index contributed by atoms with van der Waals surface area (Å²) >= 11 is 0. The number of fused-ring (bicyclic) bond motifs is 1. The van der Waals surface area contributed by atoms with Gasteiger partial charge in [0, 0.05) is 36.1 Å². The highest BCUT2D eigenvalue weighted by Crippen LogP contribution is 2.40. The van der Waals surface area contributed by atoms with Gasteiger partial charge >= 0.3 is 0 Å². The summed E-state index contributed by atoms with van der Waals surface area (Å²) in [5, 5.41) is 13.2. The van der Waals surface area contributed by atoms with Crippen molar-refractivity contribution in [3.8, 4) is 17.2 Å². The molecule has 0 unspecified atom stereocenters. The van der Waals surface area contributed by atoms with Crippen LogP contribution >= 0.6 is 0 Å². The van der Waals surface area contributed by atoms with Crippen molar-refractivity contribution in [1.82, 2.24) is 24.4 Å². The SMILES string of the molecule is Cc1ccnc(NC(=O)c2ccc(-c3c(C)n([C@@H]4CCCN(C(=O)/C(C#N)=C\C5CC5)C4)c4ncnc(N)c34)cc2)c1. The minimum atomic E-state index is -0.249. The van der Waals surface area contributed by atoms with E-state index < -0.39 is 0 Å². The van der Waals surface area contributed by atoms with Gasteiger partial charge in [0.15, 0.2) is 0 Å². The van der Waals surface area contributed by atoms with E-state index >= 15 is 0 Å². The van der Waals surface area contributed by atoms with Crippen LogP contribution in [0, 0.1) is 31.1 Å². The van der Waals surface area contributed by atoms with E-state index in [0.29, 0.717) is 41.9 Å². The highest BCUT2D eigenvalue weighted by atomic mass is 16.2. The normalized spacial score (nSPS) is 17.2. The second-order valence-electron chi connectivity index (χ2n) is 11.1. The number of amides is 2. The van der Waals surface area contributed by atoms with Crippen LogP contribution in [0.2, 0.25) is 0 Å². The monoisotopic (exact) mass is 560 g/mol. The zero-order valence-corrected chi connectivity index (χ0v) is 23.7. The Morgan fingerprint density at radius 2 is 1.88 bits per heavy atom. The number of piperidine rings is 1. The number of nitrogen functional groups attached to an aromatic ring is 1.